The first-order chi connectivity index (χ1) is 9.11. The summed E-state index contributed by atoms with van der Waals surface area (Å²) in [6.07, 6.45) is -3.21. The van der Waals surface area contributed by atoms with Gasteiger partial charge in [-0.25, -0.2) is 8.42 Å². The van der Waals surface area contributed by atoms with E-state index in [4.69, 9.17) is 0 Å². The lowest BCUT2D eigenvalue weighted by Crippen LogP contribution is -2.35. The van der Waals surface area contributed by atoms with Gasteiger partial charge in [0.2, 0.25) is 10.0 Å². The van der Waals surface area contributed by atoms with Crippen molar-refractivity contribution in [1.29, 1.82) is 0 Å². The fraction of sp³-hybridized carbons (Fsp3) is 0.636. The molecule has 1 rings (SSSR count). The molecule has 0 fully saturated rings. The minimum absolute atomic E-state index is 0.128. The van der Waals surface area contributed by atoms with E-state index in [-0.39, 0.29) is 4.90 Å². The predicted octanol–water partition coefficient (Wildman–Crippen LogP) is 1.41. The van der Waals surface area contributed by atoms with Gasteiger partial charge in [0, 0.05) is 32.0 Å². The highest BCUT2D eigenvalue weighted by molar-refractivity contribution is 7.89. The second-order valence-corrected chi connectivity index (χ2v) is 6.40. The topological polar surface area (TPSA) is 54.3 Å². The summed E-state index contributed by atoms with van der Waals surface area (Å²) in [7, 11) is -1.51. The number of nitrogens with zero attached hydrogens (tertiary/aromatic N) is 2. The van der Waals surface area contributed by atoms with Crippen molar-refractivity contribution in [2.45, 2.75) is 31.1 Å². The van der Waals surface area contributed by atoms with Gasteiger partial charge in [-0.05, 0) is 20.0 Å². The smallest absolute Gasteiger partial charge is 0.349 e. The molecule has 0 bridgehead atoms. The zero-order valence-corrected chi connectivity index (χ0v) is 12.3. The second kappa shape index (κ2) is 6.15. The molecule has 1 aromatic heterocycles. The van der Waals surface area contributed by atoms with E-state index in [9.17, 15) is 21.6 Å². The first kappa shape index (κ1) is 17.0. The molecule has 0 aromatic carbocycles. The molecule has 0 saturated heterocycles. The van der Waals surface area contributed by atoms with Crippen molar-refractivity contribution in [3.05, 3.63) is 18.0 Å². The number of rotatable bonds is 6. The van der Waals surface area contributed by atoms with E-state index in [0.717, 1.165) is 7.05 Å². The van der Waals surface area contributed by atoms with E-state index >= 15 is 0 Å². The Labute approximate surface area is 116 Å². The molecule has 20 heavy (non-hydrogen) atoms. The predicted molar refractivity (Wildman–Crippen MR) is 68.7 cm³/mol. The van der Waals surface area contributed by atoms with E-state index in [1.165, 1.54) is 12.3 Å². The van der Waals surface area contributed by atoms with Crippen LogP contribution in [0.4, 0.5) is 13.2 Å². The Balaban J connectivity index is 3.09. The minimum Gasteiger partial charge on any atom is -0.349 e. The highest BCUT2D eigenvalue weighted by Gasteiger charge is 2.35. The van der Waals surface area contributed by atoms with E-state index in [2.05, 4.69) is 5.32 Å². The molecule has 116 valence electrons. The quantitative estimate of drug-likeness (QED) is 0.864. The average Bonchev–Trinajstić information content (AvgIpc) is 2.71. The zero-order valence-electron chi connectivity index (χ0n) is 11.5. The Kier molecular flexibility index (Phi) is 5.22. The summed E-state index contributed by atoms with van der Waals surface area (Å²) in [6.45, 7) is 1.30. The summed E-state index contributed by atoms with van der Waals surface area (Å²) in [5, 5.41) is 2.88. The molecule has 0 aliphatic carbocycles. The van der Waals surface area contributed by atoms with Crippen molar-refractivity contribution in [2.75, 3.05) is 20.6 Å². The summed E-state index contributed by atoms with van der Waals surface area (Å²) in [5.41, 5.74) is 0.703. The molecule has 0 spiro atoms. The number of nitrogens with one attached hydrogen (secondary N) is 1. The lowest BCUT2D eigenvalue weighted by atomic mass is 10.4. The fourth-order valence-corrected chi connectivity index (χ4v) is 3.03. The summed E-state index contributed by atoms with van der Waals surface area (Å²) >= 11 is 0. The molecule has 0 unspecified atom stereocenters. The van der Waals surface area contributed by atoms with Gasteiger partial charge in [0.25, 0.3) is 0 Å². The van der Waals surface area contributed by atoms with Gasteiger partial charge >= 0.3 is 6.18 Å². The maximum absolute atomic E-state index is 12.3. The van der Waals surface area contributed by atoms with E-state index in [0.29, 0.717) is 23.1 Å². The van der Waals surface area contributed by atoms with Crippen molar-refractivity contribution in [1.82, 2.24) is 14.2 Å². The fourth-order valence-electron chi connectivity index (χ4n) is 1.81. The molecule has 0 aliphatic heterocycles. The number of aromatic nitrogens is 1. The molecule has 1 heterocycles. The monoisotopic (exact) mass is 313 g/mol. The summed E-state index contributed by atoms with van der Waals surface area (Å²) in [6, 6.07) is 1.39. The van der Waals surface area contributed by atoms with Gasteiger partial charge in [0.1, 0.15) is 11.4 Å². The van der Waals surface area contributed by atoms with Gasteiger partial charge < -0.3 is 9.88 Å². The van der Waals surface area contributed by atoms with Crippen LogP contribution in [0.1, 0.15) is 12.6 Å². The Morgan fingerprint density at radius 1 is 1.40 bits per heavy atom. The van der Waals surface area contributed by atoms with Crippen molar-refractivity contribution in [3.63, 3.8) is 0 Å². The van der Waals surface area contributed by atoms with E-state index < -0.39 is 22.7 Å². The van der Waals surface area contributed by atoms with Crippen LogP contribution in [0, 0.1) is 0 Å². The highest BCUT2D eigenvalue weighted by Crippen LogP contribution is 2.22. The van der Waals surface area contributed by atoms with Crippen LogP contribution in [0.3, 0.4) is 0 Å². The van der Waals surface area contributed by atoms with Gasteiger partial charge in [-0.2, -0.15) is 17.5 Å². The van der Waals surface area contributed by atoms with Gasteiger partial charge in [-0.15, -0.1) is 0 Å². The van der Waals surface area contributed by atoms with E-state index in [1.807, 2.05) is 6.92 Å². The lowest BCUT2D eigenvalue weighted by molar-refractivity contribution is -0.134. The van der Waals surface area contributed by atoms with Crippen LogP contribution in [0.25, 0.3) is 0 Å². The maximum Gasteiger partial charge on any atom is 0.402 e. The molecule has 1 aromatic rings. The second-order valence-electron chi connectivity index (χ2n) is 4.36. The van der Waals surface area contributed by atoms with Crippen LogP contribution >= 0.6 is 0 Å². The number of hydrogen-bond acceptors (Lipinski definition) is 3. The molecule has 0 amide bonds. The highest BCUT2D eigenvalue weighted by atomic mass is 32.2. The normalized spacial score (nSPS) is 13.2. The van der Waals surface area contributed by atoms with Crippen LogP contribution < -0.4 is 5.32 Å². The van der Waals surface area contributed by atoms with Crippen molar-refractivity contribution >= 4 is 10.0 Å². The average molecular weight is 313 g/mol. The van der Waals surface area contributed by atoms with Gasteiger partial charge in [0.05, 0.1) is 0 Å². The maximum atomic E-state index is 12.3. The molecular weight excluding hydrogens is 295 g/mol. The largest absolute Gasteiger partial charge is 0.402 e. The van der Waals surface area contributed by atoms with Crippen LogP contribution in [0.5, 0.6) is 0 Å². The van der Waals surface area contributed by atoms with Crippen molar-refractivity contribution in [3.8, 4) is 0 Å². The third-order valence-corrected chi connectivity index (χ3v) is 4.54. The van der Waals surface area contributed by atoms with Crippen molar-refractivity contribution < 1.29 is 21.6 Å². The minimum atomic E-state index is -4.57. The van der Waals surface area contributed by atoms with Crippen LogP contribution in [-0.4, -0.2) is 44.1 Å². The molecule has 0 radical (unpaired) electrons. The SMILES string of the molecule is CCn1cc(S(=O)(=O)N(C)CC(F)(F)F)cc1CNC. The molecular formula is C11H18F3N3O2S. The number of sulfonamides is 1. The summed E-state index contributed by atoms with van der Waals surface area (Å²) in [5.74, 6) is 0. The Morgan fingerprint density at radius 2 is 2.00 bits per heavy atom. The molecule has 0 atom stereocenters. The molecule has 9 heteroatoms. The molecule has 1 N–H and O–H groups in total. The number of halogens is 3. The Bertz CT molecular complexity index is 552. The van der Waals surface area contributed by atoms with Gasteiger partial charge in [-0.1, -0.05) is 0 Å². The van der Waals surface area contributed by atoms with Gasteiger partial charge in [-0.3, -0.25) is 0 Å². The van der Waals surface area contributed by atoms with Crippen LogP contribution in [0.15, 0.2) is 17.2 Å². The third-order valence-electron chi connectivity index (χ3n) is 2.77. The molecule has 5 nitrogen and oxygen atoms in total. The first-order valence-electron chi connectivity index (χ1n) is 5.98. The van der Waals surface area contributed by atoms with Crippen molar-refractivity contribution in [2.24, 2.45) is 0 Å². The summed E-state index contributed by atoms with van der Waals surface area (Å²) in [4.78, 5) is -0.128. The Morgan fingerprint density at radius 3 is 2.45 bits per heavy atom. The lowest BCUT2D eigenvalue weighted by Gasteiger charge is -2.17. The van der Waals surface area contributed by atoms with E-state index in [1.54, 1.807) is 11.6 Å². The molecule has 0 aliphatic rings. The number of hydrogen-bond donors (Lipinski definition) is 1. The first-order valence-corrected chi connectivity index (χ1v) is 7.42. The molecule has 0 saturated carbocycles. The Hall–Kier alpha value is -1.06. The number of aryl methyl sites for hydroxylation is 1. The summed E-state index contributed by atoms with van der Waals surface area (Å²) < 4.78 is 63.1. The van der Waals surface area contributed by atoms with Crippen LogP contribution in [-0.2, 0) is 23.1 Å². The number of alkyl halides is 3. The van der Waals surface area contributed by atoms with Gasteiger partial charge in [0.15, 0.2) is 0 Å². The third kappa shape index (κ3) is 3.97. The zero-order chi connectivity index (χ0) is 15.6. The standard InChI is InChI=1S/C11H18F3N3O2S/c1-4-17-7-10(5-9(17)6-15-2)20(18,19)16(3)8-11(12,13)14/h5,7,15H,4,6,8H2,1-3H3. The van der Waals surface area contributed by atoms with Crippen LogP contribution in [0.2, 0.25) is 0 Å².